The minimum Gasteiger partial charge on any atom is -0.329 e. The van der Waals surface area contributed by atoms with Gasteiger partial charge in [-0.05, 0) is 97.3 Å². The summed E-state index contributed by atoms with van der Waals surface area (Å²) in [5.74, 6) is 0.185. The lowest BCUT2D eigenvalue weighted by atomic mass is 9.89. The summed E-state index contributed by atoms with van der Waals surface area (Å²) in [6.45, 7) is 7.07. The molecule has 3 heterocycles. The van der Waals surface area contributed by atoms with Crippen LogP contribution in [0.1, 0.15) is 61.0 Å². The van der Waals surface area contributed by atoms with Crippen molar-refractivity contribution >= 4 is 28.3 Å². The van der Waals surface area contributed by atoms with E-state index in [4.69, 9.17) is 0 Å². The molecule has 2 amide bonds. The molecule has 7 rings (SSSR count). The van der Waals surface area contributed by atoms with Gasteiger partial charge in [0.15, 0.2) is 0 Å². The third kappa shape index (κ3) is 5.14. The summed E-state index contributed by atoms with van der Waals surface area (Å²) in [6.07, 6.45) is 2.70. The van der Waals surface area contributed by atoms with E-state index in [1.54, 1.807) is 29.2 Å². The predicted molar refractivity (Wildman–Crippen MR) is 168 cm³/mol. The van der Waals surface area contributed by atoms with Crippen molar-refractivity contribution in [3.8, 4) is 0 Å². The molecule has 3 aliphatic heterocycles. The first-order valence-electron chi connectivity index (χ1n) is 16.0. The SMILES string of the molecule is [2H]C([2H])(c1ccc(CC2CCN(Cc3ccccc3)CC2)cc1)c1ccc2c3c(cccc13)C(=O)N2C1CCC(=C)NC1=O. The summed E-state index contributed by atoms with van der Waals surface area (Å²) in [5.41, 5.74) is 5.55. The number of nitrogens with zero attached hydrogens (tertiary/aromatic N) is 2. The molecule has 2 saturated heterocycles. The van der Waals surface area contributed by atoms with E-state index >= 15 is 0 Å². The molecule has 0 radical (unpaired) electrons. The molecule has 1 atom stereocenters. The van der Waals surface area contributed by atoms with Gasteiger partial charge in [0.25, 0.3) is 5.91 Å². The monoisotopic (exact) mass is 557 g/mol. The van der Waals surface area contributed by atoms with Gasteiger partial charge in [0.1, 0.15) is 6.04 Å². The van der Waals surface area contributed by atoms with E-state index < -0.39 is 12.4 Å². The van der Waals surface area contributed by atoms with E-state index in [1.165, 1.54) is 24.0 Å². The van der Waals surface area contributed by atoms with E-state index in [0.717, 1.165) is 26.1 Å². The second-order valence-electron chi connectivity index (χ2n) is 11.9. The Bertz CT molecular complexity index is 1740. The molecule has 0 bridgehead atoms. The van der Waals surface area contributed by atoms with Gasteiger partial charge >= 0.3 is 0 Å². The molecule has 0 saturated carbocycles. The highest BCUT2D eigenvalue weighted by Crippen LogP contribution is 2.41. The van der Waals surface area contributed by atoms with Crippen molar-refractivity contribution in [1.29, 1.82) is 0 Å². The van der Waals surface area contributed by atoms with Crippen LogP contribution in [0.3, 0.4) is 0 Å². The van der Waals surface area contributed by atoms with Gasteiger partial charge in [-0.3, -0.25) is 19.4 Å². The normalized spacial score (nSPS) is 20.5. The van der Waals surface area contributed by atoms with Gasteiger partial charge < -0.3 is 5.32 Å². The van der Waals surface area contributed by atoms with Crippen LogP contribution in [-0.2, 0) is 24.1 Å². The van der Waals surface area contributed by atoms with Crippen molar-refractivity contribution in [2.24, 2.45) is 5.92 Å². The number of amides is 2. The molecular formula is C37H37N3O2. The first-order chi connectivity index (χ1) is 21.3. The maximum atomic E-state index is 13.6. The van der Waals surface area contributed by atoms with Crippen molar-refractivity contribution in [3.05, 3.63) is 125 Å². The number of piperidine rings is 2. The highest BCUT2D eigenvalue weighted by molar-refractivity contribution is 6.27. The number of rotatable bonds is 7. The van der Waals surface area contributed by atoms with E-state index in [-0.39, 0.29) is 11.8 Å². The van der Waals surface area contributed by atoms with Gasteiger partial charge in [-0.25, -0.2) is 0 Å². The summed E-state index contributed by atoms with van der Waals surface area (Å²) in [6, 6.07) is 27.1. The number of carbonyl (C=O) groups excluding carboxylic acids is 2. The smallest absolute Gasteiger partial charge is 0.259 e. The van der Waals surface area contributed by atoms with Crippen LogP contribution < -0.4 is 10.2 Å². The minimum absolute atomic E-state index is 0.216. The second kappa shape index (κ2) is 11.2. The first kappa shape index (κ1) is 24.4. The van der Waals surface area contributed by atoms with Crippen molar-refractivity contribution in [2.75, 3.05) is 18.0 Å². The van der Waals surface area contributed by atoms with Crippen LogP contribution in [0.4, 0.5) is 5.69 Å². The molecule has 0 spiro atoms. The van der Waals surface area contributed by atoms with Gasteiger partial charge in [-0.2, -0.15) is 0 Å². The molecule has 4 aromatic rings. The highest BCUT2D eigenvalue weighted by Gasteiger charge is 2.40. The van der Waals surface area contributed by atoms with Crippen LogP contribution in [0.2, 0.25) is 0 Å². The maximum Gasteiger partial charge on any atom is 0.259 e. The molecule has 2 fully saturated rings. The number of carbonyl (C=O) groups is 2. The Labute approximate surface area is 250 Å². The molecular weight excluding hydrogens is 518 g/mol. The summed E-state index contributed by atoms with van der Waals surface area (Å²) in [4.78, 5) is 30.5. The minimum atomic E-state index is -1.77. The highest BCUT2D eigenvalue weighted by atomic mass is 16.2. The molecule has 1 N–H and O–H groups in total. The summed E-state index contributed by atoms with van der Waals surface area (Å²) < 4.78 is 18.5. The summed E-state index contributed by atoms with van der Waals surface area (Å²) >= 11 is 0. The zero-order valence-corrected chi connectivity index (χ0v) is 23.8. The molecule has 5 heteroatoms. The number of allylic oxidation sites excluding steroid dienone is 1. The van der Waals surface area contributed by atoms with Crippen LogP contribution in [0.15, 0.2) is 97.2 Å². The van der Waals surface area contributed by atoms with Gasteiger partial charge in [-0.15, -0.1) is 0 Å². The fourth-order valence-corrected chi connectivity index (χ4v) is 6.84. The number of likely N-dealkylation sites (tertiary alicyclic amines) is 1. The lowest BCUT2D eigenvalue weighted by molar-refractivity contribution is -0.122. The van der Waals surface area contributed by atoms with Gasteiger partial charge in [-0.1, -0.05) is 79.4 Å². The maximum absolute atomic E-state index is 13.6. The average molecular weight is 558 g/mol. The summed E-state index contributed by atoms with van der Waals surface area (Å²) in [5, 5.41) is 4.21. The number of anilines is 1. The lowest BCUT2D eigenvalue weighted by Gasteiger charge is -2.32. The average Bonchev–Trinajstić information content (AvgIpc) is 3.31. The largest absolute Gasteiger partial charge is 0.329 e. The van der Waals surface area contributed by atoms with E-state index in [2.05, 4.69) is 59.3 Å². The Morgan fingerprint density at radius 3 is 2.36 bits per heavy atom. The van der Waals surface area contributed by atoms with Crippen molar-refractivity contribution in [2.45, 2.75) is 51.1 Å². The summed E-state index contributed by atoms with van der Waals surface area (Å²) in [7, 11) is 0. The zero-order chi connectivity index (χ0) is 30.4. The van der Waals surface area contributed by atoms with E-state index in [0.29, 0.717) is 57.6 Å². The van der Waals surface area contributed by atoms with Crippen molar-refractivity contribution < 1.29 is 12.3 Å². The Morgan fingerprint density at radius 2 is 1.60 bits per heavy atom. The van der Waals surface area contributed by atoms with E-state index in [1.807, 2.05) is 18.2 Å². The zero-order valence-electron chi connectivity index (χ0n) is 25.8. The van der Waals surface area contributed by atoms with E-state index in [9.17, 15) is 12.3 Å². The fourth-order valence-electron chi connectivity index (χ4n) is 6.84. The third-order valence-electron chi connectivity index (χ3n) is 9.07. The standard InChI is InChI=1S/C37H37N3O2/c1-25-10-16-34(36(41)38-25)40-33-17-15-30(31-8-5-9-32(35(31)33)37(40)42)23-27-13-11-26(12-14-27)22-28-18-20-39(21-19-28)24-29-6-3-2-4-7-29/h2-9,11-15,17,28,34H,1,10,16,18-24H2,(H,38,41)/i23D2. The first-order valence-corrected chi connectivity index (χ1v) is 15.0. The Kier molecular flexibility index (Phi) is 6.51. The molecule has 0 aromatic heterocycles. The number of hydrogen-bond donors (Lipinski definition) is 1. The molecule has 212 valence electrons. The molecule has 5 nitrogen and oxygen atoms in total. The topological polar surface area (TPSA) is 52.7 Å². The second-order valence-corrected chi connectivity index (χ2v) is 11.9. The number of nitrogens with one attached hydrogen (secondary N) is 1. The molecule has 4 aromatic carbocycles. The third-order valence-corrected chi connectivity index (χ3v) is 9.07. The van der Waals surface area contributed by atoms with Gasteiger partial charge in [0.05, 0.1) is 5.69 Å². The molecule has 0 aliphatic carbocycles. The van der Waals surface area contributed by atoms with Crippen molar-refractivity contribution in [3.63, 3.8) is 0 Å². The Balaban J connectivity index is 1.08. The van der Waals surface area contributed by atoms with Gasteiger partial charge in [0, 0.05) is 25.9 Å². The molecule has 42 heavy (non-hydrogen) atoms. The molecule has 3 aliphatic rings. The van der Waals surface area contributed by atoms with Crippen LogP contribution in [-0.4, -0.2) is 35.8 Å². The fraction of sp³-hybridized carbons (Fsp3) is 0.297. The Hall–Kier alpha value is -4.22. The number of hydrogen-bond acceptors (Lipinski definition) is 3. The Morgan fingerprint density at radius 1 is 0.833 bits per heavy atom. The quantitative estimate of drug-likeness (QED) is 0.277. The predicted octanol–water partition coefficient (Wildman–Crippen LogP) is 6.64. The molecule has 1 unspecified atom stereocenters. The van der Waals surface area contributed by atoms with Crippen LogP contribution in [0.5, 0.6) is 0 Å². The van der Waals surface area contributed by atoms with Crippen LogP contribution in [0, 0.1) is 5.92 Å². The van der Waals surface area contributed by atoms with Crippen LogP contribution in [0.25, 0.3) is 10.8 Å². The lowest BCUT2D eigenvalue weighted by Crippen LogP contribution is -2.51. The van der Waals surface area contributed by atoms with Crippen LogP contribution >= 0.6 is 0 Å². The van der Waals surface area contributed by atoms with Crippen molar-refractivity contribution in [1.82, 2.24) is 10.2 Å². The van der Waals surface area contributed by atoms with Gasteiger partial charge in [0.2, 0.25) is 5.91 Å². The number of benzene rings is 4.